The minimum absolute atomic E-state index is 0.354. The largest absolute Gasteiger partial charge is 0.403 e. The first-order valence-corrected chi connectivity index (χ1v) is 4.92. The van der Waals surface area contributed by atoms with Crippen LogP contribution in [0.15, 0.2) is 24.7 Å². The van der Waals surface area contributed by atoms with Crippen molar-refractivity contribution >= 4 is 28.3 Å². The van der Waals surface area contributed by atoms with E-state index in [9.17, 15) is 0 Å². The van der Waals surface area contributed by atoms with Crippen molar-refractivity contribution in [2.75, 3.05) is 5.01 Å². The number of anilines is 1. The first kappa shape index (κ1) is 10.7. The molecule has 16 heavy (non-hydrogen) atoms. The number of hydrogen-bond donors (Lipinski definition) is 2. The van der Waals surface area contributed by atoms with Crippen LogP contribution in [0.25, 0.3) is 11.0 Å². The van der Waals surface area contributed by atoms with Crippen molar-refractivity contribution in [1.29, 1.82) is 0 Å². The fourth-order valence-corrected chi connectivity index (χ4v) is 1.64. The molecule has 0 aliphatic heterocycles. The lowest BCUT2D eigenvalue weighted by Gasteiger charge is -2.14. The van der Waals surface area contributed by atoms with E-state index in [4.69, 9.17) is 23.2 Å². The molecule has 0 bridgehead atoms. The Morgan fingerprint density at radius 1 is 1.56 bits per heavy atom. The van der Waals surface area contributed by atoms with Crippen LogP contribution in [0, 0.1) is 0 Å². The predicted octanol–water partition coefficient (Wildman–Crippen LogP) is 0.732. The molecule has 0 unspecified atom stereocenters. The molecule has 7 heteroatoms. The van der Waals surface area contributed by atoms with E-state index in [-0.39, 0.29) is 0 Å². The standard InChI is InChI=1S/C9H11ClN6/c1-15-9-6(5-13-15)7(4-8(10)14-9)16(12)3-2-11/h2-5H,11-12H2,1H3/b3-2-. The van der Waals surface area contributed by atoms with Gasteiger partial charge in [0.25, 0.3) is 0 Å². The number of pyridine rings is 1. The molecule has 2 rings (SSSR count). The third kappa shape index (κ3) is 1.68. The van der Waals surface area contributed by atoms with Crippen LogP contribution in [0.1, 0.15) is 0 Å². The molecule has 84 valence electrons. The Balaban J connectivity index is 2.68. The molecule has 0 aromatic carbocycles. The van der Waals surface area contributed by atoms with Gasteiger partial charge >= 0.3 is 0 Å². The van der Waals surface area contributed by atoms with Gasteiger partial charge in [-0.15, -0.1) is 0 Å². The van der Waals surface area contributed by atoms with E-state index in [0.29, 0.717) is 16.5 Å². The maximum atomic E-state index is 5.91. The lowest BCUT2D eigenvalue weighted by Crippen LogP contribution is -2.24. The summed E-state index contributed by atoms with van der Waals surface area (Å²) >= 11 is 5.91. The zero-order valence-corrected chi connectivity index (χ0v) is 9.39. The summed E-state index contributed by atoms with van der Waals surface area (Å²) in [6.45, 7) is 0. The van der Waals surface area contributed by atoms with E-state index >= 15 is 0 Å². The maximum Gasteiger partial charge on any atom is 0.161 e. The second-order valence-corrected chi connectivity index (χ2v) is 3.61. The average Bonchev–Trinajstić information content (AvgIpc) is 2.60. The van der Waals surface area contributed by atoms with Gasteiger partial charge < -0.3 is 5.73 Å². The van der Waals surface area contributed by atoms with Crippen molar-refractivity contribution in [3.8, 4) is 0 Å². The van der Waals surface area contributed by atoms with Crippen molar-refractivity contribution in [2.24, 2.45) is 18.6 Å². The van der Waals surface area contributed by atoms with Crippen LogP contribution in [0.5, 0.6) is 0 Å². The summed E-state index contributed by atoms with van der Waals surface area (Å²) in [5.41, 5.74) is 6.65. The highest BCUT2D eigenvalue weighted by Crippen LogP contribution is 2.26. The van der Waals surface area contributed by atoms with E-state index in [0.717, 1.165) is 5.39 Å². The maximum absolute atomic E-state index is 5.91. The minimum atomic E-state index is 0.354. The highest BCUT2D eigenvalue weighted by molar-refractivity contribution is 6.30. The second-order valence-electron chi connectivity index (χ2n) is 3.22. The Hall–Kier alpha value is -1.79. The molecule has 4 N–H and O–H groups in total. The molecule has 0 atom stereocenters. The number of aryl methyl sites for hydroxylation is 1. The van der Waals surface area contributed by atoms with Crippen LogP contribution >= 0.6 is 11.6 Å². The summed E-state index contributed by atoms with van der Waals surface area (Å²) in [5.74, 6) is 5.79. The molecule has 6 nitrogen and oxygen atoms in total. The number of rotatable bonds is 2. The number of halogens is 1. The third-order valence-electron chi connectivity index (χ3n) is 2.18. The van der Waals surface area contributed by atoms with Crippen molar-refractivity contribution in [3.63, 3.8) is 0 Å². The Bertz CT molecular complexity index is 546. The van der Waals surface area contributed by atoms with Gasteiger partial charge in [-0.3, -0.25) is 9.69 Å². The molecule has 0 saturated heterocycles. The Labute approximate surface area is 97.1 Å². The summed E-state index contributed by atoms with van der Waals surface area (Å²) in [7, 11) is 1.79. The van der Waals surface area contributed by atoms with Crippen molar-refractivity contribution < 1.29 is 0 Å². The van der Waals surface area contributed by atoms with Gasteiger partial charge in [0.15, 0.2) is 5.65 Å². The molecular weight excluding hydrogens is 228 g/mol. The van der Waals surface area contributed by atoms with E-state index in [2.05, 4.69) is 10.1 Å². The molecule has 2 aromatic heterocycles. The summed E-state index contributed by atoms with van der Waals surface area (Å²) in [6.07, 6.45) is 4.55. The van der Waals surface area contributed by atoms with Crippen LogP contribution < -0.4 is 16.6 Å². The molecule has 0 radical (unpaired) electrons. The second kappa shape index (κ2) is 3.99. The zero-order valence-electron chi connectivity index (χ0n) is 8.63. The van der Waals surface area contributed by atoms with Crippen LogP contribution in [0.2, 0.25) is 5.15 Å². The van der Waals surface area contributed by atoms with Gasteiger partial charge in [-0.1, -0.05) is 11.6 Å². The third-order valence-corrected chi connectivity index (χ3v) is 2.37. The van der Waals surface area contributed by atoms with Gasteiger partial charge in [-0.25, -0.2) is 10.8 Å². The van der Waals surface area contributed by atoms with E-state index in [1.54, 1.807) is 24.0 Å². The fourth-order valence-electron chi connectivity index (χ4n) is 1.46. The molecule has 0 spiro atoms. The molecule has 0 saturated carbocycles. The Morgan fingerprint density at radius 3 is 3.00 bits per heavy atom. The van der Waals surface area contributed by atoms with E-state index in [1.807, 2.05) is 0 Å². The molecule has 0 aliphatic rings. The zero-order chi connectivity index (χ0) is 11.7. The number of aromatic nitrogens is 3. The summed E-state index contributed by atoms with van der Waals surface area (Å²) < 4.78 is 1.63. The highest BCUT2D eigenvalue weighted by atomic mass is 35.5. The van der Waals surface area contributed by atoms with Crippen LogP contribution in [0.3, 0.4) is 0 Å². The number of nitrogens with zero attached hydrogens (tertiary/aromatic N) is 4. The van der Waals surface area contributed by atoms with Gasteiger partial charge in [0.2, 0.25) is 0 Å². The van der Waals surface area contributed by atoms with Crippen molar-refractivity contribution in [2.45, 2.75) is 0 Å². The van der Waals surface area contributed by atoms with Crippen molar-refractivity contribution in [3.05, 3.63) is 29.8 Å². The van der Waals surface area contributed by atoms with Gasteiger partial charge in [-0.2, -0.15) is 5.10 Å². The molecular formula is C9H11ClN6. The topological polar surface area (TPSA) is 86.0 Å². The number of nitrogens with two attached hydrogens (primary N) is 2. The minimum Gasteiger partial charge on any atom is -0.403 e. The lowest BCUT2D eigenvalue weighted by molar-refractivity contribution is 0.786. The molecule has 0 fully saturated rings. The van der Waals surface area contributed by atoms with Gasteiger partial charge in [0, 0.05) is 25.5 Å². The fraction of sp³-hybridized carbons (Fsp3) is 0.111. The lowest BCUT2D eigenvalue weighted by atomic mass is 10.3. The predicted molar refractivity (Wildman–Crippen MR) is 63.5 cm³/mol. The molecule has 0 aliphatic carbocycles. The van der Waals surface area contributed by atoms with Crippen LogP contribution in [-0.2, 0) is 7.05 Å². The molecule has 2 aromatic rings. The Kier molecular flexibility index (Phi) is 2.67. The van der Waals surface area contributed by atoms with E-state index < -0.39 is 0 Å². The number of hydrogen-bond acceptors (Lipinski definition) is 5. The SMILES string of the molecule is Cn1ncc2c(N(N)/C=C\N)cc(Cl)nc21. The first-order valence-electron chi connectivity index (χ1n) is 4.54. The summed E-state index contributed by atoms with van der Waals surface area (Å²) in [6, 6.07) is 1.66. The van der Waals surface area contributed by atoms with Crippen molar-refractivity contribution in [1.82, 2.24) is 14.8 Å². The highest BCUT2D eigenvalue weighted by Gasteiger charge is 2.11. The molecule has 0 amide bonds. The van der Waals surface area contributed by atoms with Gasteiger partial charge in [0.1, 0.15) is 5.15 Å². The smallest absolute Gasteiger partial charge is 0.161 e. The quantitative estimate of drug-likeness (QED) is 0.458. The average molecular weight is 239 g/mol. The van der Waals surface area contributed by atoms with Crippen LogP contribution in [0.4, 0.5) is 5.69 Å². The van der Waals surface area contributed by atoms with Gasteiger partial charge in [-0.05, 0) is 0 Å². The normalized spacial score (nSPS) is 11.4. The Morgan fingerprint density at radius 2 is 2.31 bits per heavy atom. The monoisotopic (exact) mass is 238 g/mol. The number of fused-ring (bicyclic) bond motifs is 1. The summed E-state index contributed by atoms with van der Waals surface area (Å²) in [4.78, 5) is 4.17. The van der Waals surface area contributed by atoms with E-state index in [1.165, 1.54) is 17.4 Å². The summed E-state index contributed by atoms with van der Waals surface area (Å²) in [5, 5.41) is 6.64. The van der Waals surface area contributed by atoms with Crippen LogP contribution in [-0.4, -0.2) is 14.8 Å². The first-order chi connectivity index (χ1) is 7.63. The molecule has 2 heterocycles. The number of hydrazine groups is 1. The van der Waals surface area contributed by atoms with Gasteiger partial charge in [0.05, 0.1) is 17.3 Å².